The molecule has 22 heavy (non-hydrogen) atoms. The van der Waals surface area contributed by atoms with Crippen LogP contribution in [0.4, 0.5) is 4.39 Å². The zero-order valence-corrected chi connectivity index (χ0v) is 13.6. The van der Waals surface area contributed by atoms with E-state index in [1.54, 1.807) is 26.4 Å². The maximum Gasteiger partial charge on any atom is 0.161 e. The van der Waals surface area contributed by atoms with Crippen LogP contribution in [0.2, 0.25) is 5.02 Å². The summed E-state index contributed by atoms with van der Waals surface area (Å²) in [6.07, 6.45) is 0. The van der Waals surface area contributed by atoms with Crippen LogP contribution in [-0.4, -0.2) is 14.2 Å². The standard InChI is InChI=1S/C17H19ClFNO2/c1-11(13-5-7-16(21-2)17(9-13)22-3)20-10-12-4-6-14(18)15(19)8-12/h4-9,11,20H,10H2,1-3H3. The molecule has 0 bridgehead atoms. The molecule has 0 heterocycles. The zero-order chi connectivity index (χ0) is 16.1. The van der Waals surface area contributed by atoms with Crippen molar-refractivity contribution in [3.05, 3.63) is 58.4 Å². The van der Waals surface area contributed by atoms with Crippen molar-refractivity contribution in [2.45, 2.75) is 19.5 Å². The quantitative estimate of drug-likeness (QED) is 0.857. The van der Waals surface area contributed by atoms with Crippen LogP contribution in [0, 0.1) is 5.82 Å². The highest BCUT2D eigenvalue weighted by Gasteiger charge is 2.10. The van der Waals surface area contributed by atoms with Gasteiger partial charge in [-0.3, -0.25) is 0 Å². The van der Waals surface area contributed by atoms with Gasteiger partial charge in [-0.25, -0.2) is 4.39 Å². The Kier molecular flexibility index (Phi) is 5.63. The molecule has 0 spiro atoms. The van der Waals surface area contributed by atoms with E-state index >= 15 is 0 Å². The van der Waals surface area contributed by atoms with E-state index in [2.05, 4.69) is 5.32 Å². The fourth-order valence-electron chi connectivity index (χ4n) is 2.16. The summed E-state index contributed by atoms with van der Waals surface area (Å²) in [4.78, 5) is 0. The second-order valence-corrected chi connectivity index (χ2v) is 5.37. The lowest BCUT2D eigenvalue weighted by Gasteiger charge is -2.16. The Morgan fingerprint density at radius 3 is 2.45 bits per heavy atom. The molecule has 0 saturated carbocycles. The molecular formula is C17H19ClFNO2. The molecule has 0 aliphatic rings. The molecule has 0 saturated heterocycles. The molecule has 0 fully saturated rings. The molecule has 0 aliphatic heterocycles. The highest BCUT2D eigenvalue weighted by Crippen LogP contribution is 2.30. The SMILES string of the molecule is COc1ccc(C(C)NCc2ccc(Cl)c(F)c2)cc1OC. The highest BCUT2D eigenvalue weighted by atomic mass is 35.5. The normalized spacial score (nSPS) is 12.0. The largest absolute Gasteiger partial charge is 0.493 e. The molecule has 118 valence electrons. The van der Waals surface area contributed by atoms with Crippen molar-refractivity contribution >= 4 is 11.6 Å². The summed E-state index contributed by atoms with van der Waals surface area (Å²) in [5.41, 5.74) is 1.90. The van der Waals surface area contributed by atoms with Crippen molar-refractivity contribution in [1.82, 2.24) is 5.32 Å². The number of hydrogen-bond donors (Lipinski definition) is 1. The van der Waals surface area contributed by atoms with Crippen LogP contribution in [0.3, 0.4) is 0 Å². The smallest absolute Gasteiger partial charge is 0.161 e. The highest BCUT2D eigenvalue weighted by molar-refractivity contribution is 6.30. The van der Waals surface area contributed by atoms with Gasteiger partial charge in [0, 0.05) is 12.6 Å². The predicted octanol–water partition coefficient (Wildman–Crippen LogP) is 4.35. The van der Waals surface area contributed by atoms with E-state index in [-0.39, 0.29) is 11.1 Å². The lowest BCUT2D eigenvalue weighted by Crippen LogP contribution is -2.18. The number of benzene rings is 2. The second-order valence-electron chi connectivity index (χ2n) is 4.97. The Morgan fingerprint density at radius 1 is 1.09 bits per heavy atom. The van der Waals surface area contributed by atoms with Crippen LogP contribution >= 0.6 is 11.6 Å². The van der Waals surface area contributed by atoms with Gasteiger partial charge in [-0.1, -0.05) is 23.7 Å². The van der Waals surface area contributed by atoms with Crippen molar-refractivity contribution in [3.63, 3.8) is 0 Å². The molecule has 0 radical (unpaired) electrons. The second kappa shape index (κ2) is 7.47. The third-order valence-electron chi connectivity index (χ3n) is 3.50. The van der Waals surface area contributed by atoms with Crippen LogP contribution in [0.5, 0.6) is 11.5 Å². The van der Waals surface area contributed by atoms with Gasteiger partial charge >= 0.3 is 0 Å². The zero-order valence-electron chi connectivity index (χ0n) is 12.8. The van der Waals surface area contributed by atoms with Gasteiger partial charge in [0.15, 0.2) is 11.5 Å². The predicted molar refractivity (Wildman–Crippen MR) is 86.2 cm³/mol. The van der Waals surface area contributed by atoms with E-state index in [0.29, 0.717) is 18.0 Å². The van der Waals surface area contributed by atoms with Crippen molar-refractivity contribution in [2.75, 3.05) is 14.2 Å². The Labute approximate surface area is 135 Å². The van der Waals surface area contributed by atoms with Crippen LogP contribution in [0.15, 0.2) is 36.4 Å². The molecule has 3 nitrogen and oxygen atoms in total. The Bertz CT molecular complexity index is 649. The number of nitrogens with one attached hydrogen (secondary N) is 1. The molecule has 0 aliphatic carbocycles. The van der Waals surface area contributed by atoms with Gasteiger partial charge in [0.2, 0.25) is 0 Å². The van der Waals surface area contributed by atoms with Gasteiger partial charge in [0.1, 0.15) is 5.82 Å². The van der Waals surface area contributed by atoms with Crippen LogP contribution in [0.25, 0.3) is 0 Å². The van der Waals surface area contributed by atoms with Crippen molar-refractivity contribution in [1.29, 1.82) is 0 Å². The fraction of sp³-hybridized carbons (Fsp3) is 0.294. The molecule has 1 N–H and O–H groups in total. The minimum atomic E-state index is -0.403. The maximum absolute atomic E-state index is 13.4. The molecule has 0 aromatic heterocycles. The summed E-state index contributed by atoms with van der Waals surface area (Å²) in [7, 11) is 3.21. The summed E-state index contributed by atoms with van der Waals surface area (Å²) in [5, 5.41) is 3.48. The molecule has 2 rings (SSSR count). The maximum atomic E-state index is 13.4. The van der Waals surface area contributed by atoms with Crippen LogP contribution < -0.4 is 14.8 Å². The molecule has 5 heteroatoms. The first-order valence-corrected chi connectivity index (χ1v) is 7.32. The number of rotatable bonds is 6. The molecular weight excluding hydrogens is 305 g/mol. The van der Waals surface area contributed by atoms with E-state index in [0.717, 1.165) is 11.1 Å². The van der Waals surface area contributed by atoms with Gasteiger partial charge in [-0.15, -0.1) is 0 Å². The van der Waals surface area contributed by atoms with Crippen LogP contribution in [0.1, 0.15) is 24.1 Å². The van der Waals surface area contributed by atoms with E-state index in [1.807, 2.05) is 25.1 Å². The molecule has 1 atom stereocenters. The number of hydrogen-bond acceptors (Lipinski definition) is 3. The average Bonchev–Trinajstić information content (AvgIpc) is 2.54. The first-order valence-electron chi connectivity index (χ1n) is 6.94. The molecule has 0 amide bonds. The molecule has 2 aromatic rings. The fourth-order valence-corrected chi connectivity index (χ4v) is 2.28. The summed E-state index contributed by atoms with van der Waals surface area (Å²) >= 11 is 5.68. The average molecular weight is 324 g/mol. The van der Waals surface area contributed by atoms with E-state index in [9.17, 15) is 4.39 Å². The Hall–Kier alpha value is -1.78. The van der Waals surface area contributed by atoms with Gasteiger partial charge < -0.3 is 14.8 Å². The van der Waals surface area contributed by atoms with Gasteiger partial charge in [0.05, 0.1) is 19.2 Å². The van der Waals surface area contributed by atoms with E-state index in [1.165, 1.54) is 6.07 Å². The monoisotopic (exact) mass is 323 g/mol. The van der Waals surface area contributed by atoms with Crippen molar-refractivity contribution in [3.8, 4) is 11.5 Å². The first kappa shape index (κ1) is 16.6. The summed E-state index contributed by atoms with van der Waals surface area (Å²) < 4.78 is 23.9. The minimum Gasteiger partial charge on any atom is -0.493 e. The third kappa shape index (κ3) is 3.90. The van der Waals surface area contributed by atoms with E-state index in [4.69, 9.17) is 21.1 Å². The topological polar surface area (TPSA) is 30.5 Å². The Morgan fingerprint density at radius 2 is 1.82 bits per heavy atom. The Balaban J connectivity index is 2.05. The number of ether oxygens (including phenoxy) is 2. The molecule has 1 unspecified atom stereocenters. The number of halogens is 2. The number of methoxy groups -OCH3 is 2. The van der Waals surface area contributed by atoms with Crippen molar-refractivity contribution in [2.24, 2.45) is 0 Å². The first-order chi connectivity index (χ1) is 10.5. The van der Waals surface area contributed by atoms with Crippen molar-refractivity contribution < 1.29 is 13.9 Å². The van der Waals surface area contributed by atoms with Gasteiger partial charge in [-0.2, -0.15) is 0 Å². The molecule has 2 aromatic carbocycles. The van der Waals surface area contributed by atoms with Gasteiger partial charge in [0.25, 0.3) is 0 Å². The summed E-state index contributed by atoms with van der Waals surface area (Å²) in [6, 6.07) is 10.7. The van der Waals surface area contributed by atoms with Gasteiger partial charge in [-0.05, 0) is 42.3 Å². The summed E-state index contributed by atoms with van der Waals surface area (Å²) in [5.74, 6) is 0.976. The summed E-state index contributed by atoms with van der Waals surface area (Å²) in [6.45, 7) is 2.58. The van der Waals surface area contributed by atoms with Crippen LogP contribution in [-0.2, 0) is 6.54 Å². The van der Waals surface area contributed by atoms with E-state index < -0.39 is 5.82 Å². The third-order valence-corrected chi connectivity index (χ3v) is 3.81. The lowest BCUT2D eigenvalue weighted by molar-refractivity contribution is 0.354. The lowest BCUT2D eigenvalue weighted by atomic mass is 10.1. The minimum absolute atomic E-state index is 0.0820.